The summed E-state index contributed by atoms with van der Waals surface area (Å²) in [7, 11) is 3.09. The zero-order valence-electron chi connectivity index (χ0n) is 10.2. The van der Waals surface area contributed by atoms with Gasteiger partial charge in [-0.2, -0.15) is 10.2 Å². The maximum Gasteiger partial charge on any atom is 0.229 e. The van der Waals surface area contributed by atoms with E-state index in [0.29, 0.717) is 12.1 Å². The Bertz CT molecular complexity index is 363. The fourth-order valence-electron chi connectivity index (χ4n) is 1.37. The number of nitrogens with zero attached hydrogens (tertiary/aromatic N) is 3. The molecule has 1 aliphatic heterocycles. The SMILES string of the molecule is C/C=C1/C=CC(C(O)COC)=NN1N(C)C=O. The van der Waals surface area contributed by atoms with Gasteiger partial charge in [-0.15, -0.1) is 0 Å². The lowest BCUT2D eigenvalue weighted by Crippen LogP contribution is -2.38. The van der Waals surface area contributed by atoms with E-state index in [1.807, 2.05) is 13.0 Å². The van der Waals surface area contributed by atoms with E-state index in [2.05, 4.69) is 5.10 Å². The maximum absolute atomic E-state index is 10.7. The Balaban J connectivity index is 2.92. The first-order valence-corrected chi connectivity index (χ1v) is 5.22. The van der Waals surface area contributed by atoms with Gasteiger partial charge in [-0.25, -0.2) is 5.01 Å². The number of rotatable bonds is 5. The highest BCUT2D eigenvalue weighted by Gasteiger charge is 2.19. The average Bonchev–Trinajstić information content (AvgIpc) is 2.37. The Kier molecular flexibility index (Phi) is 4.86. The van der Waals surface area contributed by atoms with E-state index in [-0.39, 0.29) is 6.61 Å². The van der Waals surface area contributed by atoms with Gasteiger partial charge in [0.2, 0.25) is 6.41 Å². The molecule has 0 spiro atoms. The third-order valence-corrected chi connectivity index (χ3v) is 2.28. The molecule has 0 aromatic heterocycles. The van der Waals surface area contributed by atoms with Gasteiger partial charge in [0, 0.05) is 14.2 Å². The fourth-order valence-corrected chi connectivity index (χ4v) is 1.37. The Labute approximate surface area is 100 Å². The minimum absolute atomic E-state index is 0.160. The highest BCUT2D eigenvalue weighted by Crippen LogP contribution is 2.15. The second-order valence-electron chi connectivity index (χ2n) is 3.51. The van der Waals surface area contributed by atoms with Crippen molar-refractivity contribution >= 4 is 12.1 Å². The van der Waals surface area contributed by atoms with Crippen LogP contribution in [-0.4, -0.2) is 54.2 Å². The Hall–Kier alpha value is -1.66. The van der Waals surface area contributed by atoms with Crippen LogP contribution in [-0.2, 0) is 9.53 Å². The molecule has 1 atom stereocenters. The van der Waals surface area contributed by atoms with Crippen LogP contribution in [0.15, 0.2) is 29.0 Å². The van der Waals surface area contributed by atoms with E-state index < -0.39 is 6.10 Å². The number of hydrazone groups is 1. The quantitative estimate of drug-likeness (QED) is 0.692. The van der Waals surface area contributed by atoms with Crippen LogP contribution in [0.25, 0.3) is 0 Å². The molecule has 0 fully saturated rings. The summed E-state index contributed by atoms with van der Waals surface area (Å²) in [6.45, 7) is 2.00. The van der Waals surface area contributed by atoms with Crippen molar-refractivity contribution in [2.24, 2.45) is 5.10 Å². The lowest BCUT2D eigenvalue weighted by Gasteiger charge is -2.30. The van der Waals surface area contributed by atoms with Crippen LogP contribution in [0.4, 0.5) is 0 Å². The van der Waals surface area contributed by atoms with E-state index in [1.54, 1.807) is 19.2 Å². The highest BCUT2D eigenvalue weighted by atomic mass is 16.5. The average molecular weight is 239 g/mol. The number of hydrogen-bond acceptors (Lipinski definition) is 5. The van der Waals surface area contributed by atoms with Gasteiger partial charge in [0.15, 0.2) is 0 Å². The normalized spacial score (nSPS) is 19.2. The molecule has 0 aromatic carbocycles. The number of carbonyl (C=O) groups is 1. The molecule has 0 saturated carbocycles. The summed E-state index contributed by atoms with van der Waals surface area (Å²) in [6.07, 6.45) is 5.14. The van der Waals surface area contributed by atoms with E-state index in [4.69, 9.17) is 4.74 Å². The summed E-state index contributed by atoms with van der Waals surface area (Å²) in [6, 6.07) is 0. The van der Waals surface area contributed by atoms with Crippen molar-refractivity contribution in [1.82, 2.24) is 10.1 Å². The van der Waals surface area contributed by atoms with Gasteiger partial charge in [0.25, 0.3) is 0 Å². The zero-order chi connectivity index (χ0) is 12.8. The number of methoxy groups -OCH3 is 1. The standard InChI is InChI=1S/C11H17N3O3/c1-4-9-5-6-10(11(16)7-17-3)12-14(9)13(2)8-15/h4-6,8,11,16H,7H2,1-3H3/b9-4-. The molecule has 0 bridgehead atoms. The number of aliphatic hydroxyl groups is 1. The number of allylic oxidation sites excluding steroid dienone is 2. The third-order valence-electron chi connectivity index (χ3n) is 2.28. The summed E-state index contributed by atoms with van der Waals surface area (Å²) in [5.74, 6) is 0. The van der Waals surface area contributed by atoms with Crippen LogP contribution in [0.5, 0.6) is 0 Å². The van der Waals surface area contributed by atoms with Crippen LogP contribution < -0.4 is 0 Å². The van der Waals surface area contributed by atoms with Crippen molar-refractivity contribution in [2.75, 3.05) is 20.8 Å². The summed E-state index contributed by atoms with van der Waals surface area (Å²) < 4.78 is 4.85. The first-order valence-electron chi connectivity index (χ1n) is 5.22. The topological polar surface area (TPSA) is 65.4 Å². The number of amides is 1. The van der Waals surface area contributed by atoms with Crippen LogP contribution >= 0.6 is 0 Å². The van der Waals surface area contributed by atoms with Gasteiger partial charge in [-0.05, 0) is 19.1 Å². The van der Waals surface area contributed by atoms with Crippen LogP contribution in [0.1, 0.15) is 6.92 Å². The number of hydrogen-bond donors (Lipinski definition) is 1. The molecule has 94 valence electrons. The van der Waals surface area contributed by atoms with Gasteiger partial charge in [0.1, 0.15) is 6.10 Å². The lowest BCUT2D eigenvalue weighted by atomic mass is 10.2. The summed E-state index contributed by atoms with van der Waals surface area (Å²) in [5, 5.41) is 16.6. The van der Waals surface area contributed by atoms with Gasteiger partial charge in [0.05, 0.1) is 18.0 Å². The van der Waals surface area contributed by atoms with E-state index in [1.165, 1.54) is 17.2 Å². The smallest absolute Gasteiger partial charge is 0.229 e. The number of ether oxygens (including phenoxy) is 1. The molecule has 1 amide bonds. The predicted molar refractivity (Wildman–Crippen MR) is 63.9 cm³/mol. The predicted octanol–water partition coefficient (Wildman–Crippen LogP) is 0.129. The van der Waals surface area contributed by atoms with Gasteiger partial charge >= 0.3 is 0 Å². The molecule has 1 unspecified atom stereocenters. The van der Waals surface area contributed by atoms with E-state index in [0.717, 1.165) is 5.70 Å². The number of carbonyl (C=O) groups excluding carboxylic acids is 1. The summed E-state index contributed by atoms with van der Waals surface area (Å²) in [4.78, 5) is 10.7. The molecule has 1 aliphatic rings. The molecule has 1 heterocycles. The summed E-state index contributed by atoms with van der Waals surface area (Å²) >= 11 is 0. The third kappa shape index (κ3) is 3.15. The van der Waals surface area contributed by atoms with Crippen molar-refractivity contribution in [2.45, 2.75) is 13.0 Å². The maximum atomic E-state index is 10.7. The van der Waals surface area contributed by atoms with Crippen LogP contribution in [0.3, 0.4) is 0 Å². The minimum atomic E-state index is -0.808. The van der Waals surface area contributed by atoms with Crippen LogP contribution in [0.2, 0.25) is 0 Å². The first kappa shape index (κ1) is 13.4. The summed E-state index contributed by atoms with van der Waals surface area (Å²) in [5.41, 5.74) is 1.21. The van der Waals surface area contributed by atoms with Crippen molar-refractivity contribution < 1.29 is 14.6 Å². The molecule has 17 heavy (non-hydrogen) atoms. The van der Waals surface area contributed by atoms with Crippen molar-refractivity contribution in [3.8, 4) is 0 Å². The largest absolute Gasteiger partial charge is 0.384 e. The zero-order valence-corrected chi connectivity index (χ0v) is 10.2. The molecule has 0 aliphatic carbocycles. The van der Waals surface area contributed by atoms with Gasteiger partial charge in [-0.3, -0.25) is 4.79 Å². The molecule has 0 saturated heterocycles. The lowest BCUT2D eigenvalue weighted by molar-refractivity contribution is -0.128. The van der Waals surface area contributed by atoms with Gasteiger partial charge in [-0.1, -0.05) is 6.08 Å². The monoisotopic (exact) mass is 239 g/mol. The van der Waals surface area contributed by atoms with Crippen molar-refractivity contribution in [3.63, 3.8) is 0 Å². The molecule has 1 rings (SSSR count). The Morgan fingerprint density at radius 2 is 2.35 bits per heavy atom. The molecule has 0 aromatic rings. The minimum Gasteiger partial charge on any atom is -0.384 e. The molecule has 6 nitrogen and oxygen atoms in total. The molecule has 0 radical (unpaired) electrons. The fraction of sp³-hybridized carbons (Fsp3) is 0.455. The number of hydrazine groups is 1. The second-order valence-corrected chi connectivity index (χ2v) is 3.51. The van der Waals surface area contributed by atoms with Crippen molar-refractivity contribution in [1.29, 1.82) is 0 Å². The second kappa shape index (κ2) is 6.17. The Morgan fingerprint density at radius 1 is 1.65 bits per heavy atom. The van der Waals surface area contributed by atoms with E-state index in [9.17, 15) is 9.90 Å². The first-order chi connectivity index (χ1) is 8.13. The molecular weight excluding hydrogens is 222 g/mol. The highest BCUT2D eigenvalue weighted by molar-refractivity contribution is 5.99. The Morgan fingerprint density at radius 3 is 2.88 bits per heavy atom. The molecule has 1 N–H and O–H groups in total. The van der Waals surface area contributed by atoms with Crippen LogP contribution in [0, 0.1) is 0 Å². The number of aliphatic hydroxyl groups excluding tert-OH is 1. The van der Waals surface area contributed by atoms with Crippen molar-refractivity contribution in [3.05, 3.63) is 23.9 Å². The molecule has 6 heteroatoms. The molecular formula is C11H17N3O3. The van der Waals surface area contributed by atoms with E-state index >= 15 is 0 Å². The van der Waals surface area contributed by atoms with Gasteiger partial charge < -0.3 is 9.84 Å².